The van der Waals surface area contributed by atoms with Crippen molar-refractivity contribution in [3.05, 3.63) is 55.0 Å². The fourth-order valence-electron chi connectivity index (χ4n) is 1.59. The number of halogens is 3. The molecule has 0 aliphatic carbocycles. The minimum atomic E-state index is -0.331. The maximum Gasteiger partial charge on any atom is 0.264 e. The predicted molar refractivity (Wildman–Crippen MR) is 111 cm³/mol. The summed E-state index contributed by atoms with van der Waals surface area (Å²) in [6.45, 7) is -0.130. The maximum absolute atomic E-state index is 11.9. The van der Waals surface area contributed by atoms with Gasteiger partial charge in [-0.2, -0.15) is 0 Å². The molecular formula is C15H11Br2IN2O2S. The van der Waals surface area contributed by atoms with Crippen LogP contribution in [0.3, 0.4) is 0 Å². The second-order valence-electron chi connectivity index (χ2n) is 4.37. The van der Waals surface area contributed by atoms with E-state index in [9.17, 15) is 4.79 Å². The first-order valence-electron chi connectivity index (χ1n) is 6.38. The van der Waals surface area contributed by atoms with Crippen LogP contribution in [0, 0.1) is 3.57 Å². The summed E-state index contributed by atoms with van der Waals surface area (Å²) in [5.41, 5.74) is 0.812. The van der Waals surface area contributed by atoms with Gasteiger partial charge >= 0.3 is 0 Å². The molecule has 4 nitrogen and oxygen atoms in total. The molecular weight excluding hydrogens is 559 g/mol. The molecule has 23 heavy (non-hydrogen) atoms. The first-order chi connectivity index (χ1) is 10.9. The molecule has 0 aliphatic heterocycles. The van der Waals surface area contributed by atoms with Crippen LogP contribution in [0.1, 0.15) is 0 Å². The van der Waals surface area contributed by atoms with Gasteiger partial charge in [0, 0.05) is 13.7 Å². The fourth-order valence-corrected chi connectivity index (χ4v) is 3.35. The Bertz CT molecular complexity index is 726. The highest BCUT2D eigenvalue weighted by Crippen LogP contribution is 2.28. The van der Waals surface area contributed by atoms with Crippen LogP contribution in [0.4, 0.5) is 5.69 Å². The van der Waals surface area contributed by atoms with Crippen molar-refractivity contribution < 1.29 is 9.53 Å². The van der Waals surface area contributed by atoms with Crippen molar-refractivity contribution in [1.82, 2.24) is 5.32 Å². The molecule has 2 aromatic carbocycles. The van der Waals surface area contributed by atoms with Crippen molar-refractivity contribution in [1.29, 1.82) is 0 Å². The van der Waals surface area contributed by atoms with E-state index in [1.165, 1.54) is 0 Å². The quantitative estimate of drug-likeness (QED) is 0.414. The minimum absolute atomic E-state index is 0.130. The molecule has 1 amide bonds. The zero-order chi connectivity index (χ0) is 16.8. The lowest BCUT2D eigenvalue weighted by Crippen LogP contribution is -2.37. The lowest BCUT2D eigenvalue weighted by molar-refractivity contribution is -0.121. The molecule has 2 aromatic rings. The third kappa shape index (κ3) is 6.36. The van der Waals surface area contributed by atoms with Gasteiger partial charge < -0.3 is 10.1 Å². The highest BCUT2D eigenvalue weighted by Gasteiger charge is 2.08. The first-order valence-corrected chi connectivity index (χ1v) is 9.45. The molecule has 0 fully saturated rings. The van der Waals surface area contributed by atoms with Crippen LogP contribution in [0.25, 0.3) is 0 Å². The predicted octanol–water partition coefficient (Wildman–Crippen LogP) is 4.71. The van der Waals surface area contributed by atoms with E-state index in [1.54, 1.807) is 6.07 Å². The number of hydrogen-bond donors (Lipinski definition) is 2. The summed E-state index contributed by atoms with van der Waals surface area (Å²) in [5, 5.41) is 5.75. The van der Waals surface area contributed by atoms with Crippen molar-refractivity contribution >= 4 is 83.4 Å². The number of carbonyl (C=O) groups excluding carboxylic acids is 1. The van der Waals surface area contributed by atoms with E-state index in [-0.39, 0.29) is 17.6 Å². The second-order valence-corrected chi connectivity index (χ2v) is 7.80. The van der Waals surface area contributed by atoms with Gasteiger partial charge in [-0.05, 0) is 93.2 Å². The number of rotatable bonds is 4. The molecule has 0 saturated carbocycles. The highest BCUT2D eigenvalue weighted by atomic mass is 127. The molecule has 120 valence electrons. The standard InChI is InChI=1S/C15H11Br2IN2O2S/c16-9-1-6-13(12(17)7-9)22-8-14(21)20-15(23)19-11-4-2-10(18)3-5-11/h1-7H,8H2,(H2,19,20,21,23). The largest absolute Gasteiger partial charge is 0.483 e. The average Bonchev–Trinajstić information content (AvgIpc) is 2.48. The smallest absolute Gasteiger partial charge is 0.264 e. The van der Waals surface area contributed by atoms with Crippen LogP contribution in [0.5, 0.6) is 5.75 Å². The van der Waals surface area contributed by atoms with E-state index >= 15 is 0 Å². The Labute approximate surface area is 169 Å². The van der Waals surface area contributed by atoms with Crippen LogP contribution in [0.15, 0.2) is 51.4 Å². The van der Waals surface area contributed by atoms with Crippen molar-refractivity contribution in [2.75, 3.05) is 11.9 Å². The van der Waals surface area contributed by atoms with E-state index in [0.717, 1.165) is 18.2 Å². The van der Waals surface area contributed by atoms with Gasteiger partial charge in [0.25, 0.3) is 5.91 Å². The Morgan fingerprint density at radius 1 is 1.17 bits per heavy atom. The Morgan fingerprint density at radius 2 is 1.87 bits per heavy atom. The Hall–Kier alpha value is -0.710. The van der Waals surface area contributed by atoms with E-state index in [1.807, 2.05) is 36.4 Å². The van der Waals surface area contributed by atoms with Gasteiger partial charge in [-0.1, -0.05) is 15.9 Å². The Kier molecular flexibility index (Phi) is 7.25. The van der Waals surface area contributed by atoms with Gasteiger partial charge in [0.15, 0.2) is 11.7 Å². The van der Waals surface area contributed by atoms with E-state index in [0.29, 0.717) is 5.75 Å². The van der Waals surface area contributed by atoms with Crippen molar-refractivity contribution in [2.24, 2.45) is 0 Å². The molecule has 2 N–H and O–H groups in total. The second kappa shape index (κ2) is 8.95. The number of carbonyl (C=O) groups is 1. The van der Waals surface area contributed by atoms with Gasteiger partial charge in [-0.25, -0.2) is 0 Å². The number of benzene rings is 2. The van der Waals surface area contributed by atoms with E-state index in [2.05, 4.69) is 65.1 Å². The summed E-state index contributed by atoms with van der Waals surface area (Å²) in [4.78, 5) is 11.9. The van der Waals surface area contributed by atoms with Gasteiger partial charge in [-0.15, -0.1) is 0 Å². The normalized spacial score (nSPS) is 10.0. The Balaban J connectivity index is 1.82. The van der Waals surface area contributed by atoms with Crippen LogP contribution in [-0.2, 0) is 4.79 Å². The van der Waals surface area contributed by atoms with Crippen molar-refractivity contribution in [2.45, 2.75) is 0 Å². The lowest BCUT2D eigenvalue weighted by atomic mass is 10.3. The summed E-state index contributed by atoms with van der Waals surface area (Å²) in [5.74, 6) is 0.252. The van der Waals surface area contributed by atoms with Gasteiger partial charge in [0.1, 0.15) is 5.75 Å². The zero-order valence-corrected chi connectivity index (χ0v) is 17.8. The lowest BCUT2D eigenvalue weighted by Gasteiger charge is -2.11. The molecule has 0 aliphatic rings. The molecule has 2 rings (SSSR count). The van der Waals surface area contributed by atoms with Crippen molar-refractivity contribution in [3.8, 4) is 5.75 Å². The van der Waals surface area contributed by atoms with E-state index in [4.69, 9.17) is 17.0 Å². The maximum atomic E-state index is 11.9. The van der Waals surface area contributed by atoms with Gasteiger partial charge in [0.2, 0.25) is 0 Å². The van der Waals surface area contributed by atoms with Crippen LogP contribution < -0.4 is 15.4 Å². The zero-order valence-electron chi connectivity index (χ0n) is 11.6. The number of anilines is 1. The topological polar surface area (TPSA) is 50.4 Å². The van der Waals surface area contributed by atoms with Crippen LogP contribution in [0.2, 0.25) is 0 Å². The molecule has 0 heterocycles. The van der Waals surface area contributed by atoms with Gasteiger partial charge in [-0.3, -0.25) is 10.1 Å². The van der Waals surface area contributed by atoms with Crippen LogP contribution in [-0.4, -0.2) is 17.6 Å². The third-order valence-corrected chi connectivity index (χ3v) is 4.64. The average molecular weight is 570 g/mol. The summed E-state index contributed by atoms with van der Waals surface area (Å²) >= 11 is 14.0. The number of ether oxygens (including phenoxy) is 1. The highest BCUT2D eigenvalue weighted by molar-refractivity contribution is 14.1. The molecule has 8 heteroatoms. The molecule has 0 saturated heterocycles. The number of amides is 1. The number of thiocarbonyl (C=S) groups is 1. The molecule has 0 spiro atoms. The Morgan fingerprint density at radius 3 is 2.52 bits per heavy atom. The molecule has 0 unspecified atom stereocenters. The van der Waals surface area contributed by atoms with Crippen LogP contribution >= 0.6 is 66.7 Å². The number of nitrogens with one attached hydrogen (secondary N) is 2. The fraction of sp³-hybridized carbons (Fsp3) is 0.0667. The minimum Gasteiger partial charge on any atom is -0.483 e. The number of hydrogen-bond acceptors (Lipinski definition) is 3. The molecule has 0 bridgehead atoms. The summed E-state index contributed by atoms with van der Waals surface area (Å²) < 4.78 is 8.26. The van der Waals surface area contributed by atoms with Gasteiger partial charge in [0.05, 0.1) is 4.47 Å². The van der Waals surface area contributed by atoms with Crippen molar-refractivity contribution in [3.63, 3.8) is 0 Å². The summed E-state index contributed by atoms with van der Waals surface area (Å²) in [7, 11) is 0. The molecule has 0 atom stereocenters. The summed E-state index contributed by atoms with van der Waals surface area (Å²) in [6.07, 6.45) is 0. The third-order valence-electron chi connectivity index (χ3n) is 2.61. The first kappa shape index (κ1) is 18.6. The molecule has 0 radical (unpaired) electrons. The summed E-state index contributed by atoms with van der Waals surface area (Å²) in [6, 6.07) is 13.1. The SMILES string of the molecule is O=C(COc1ccc(Br)cc1Br)NC(=S)Nc1ccc(I)cc1. The molecule has 0 aromatic heterocycles. The monoisotopic (exact) mass is 568 g/mol. The van der Waals surface area contributed by atoms with E-state index < -0.39 is 0 Å².